The topological polar surface area (TPSA) is 109 Å². The first-order chi connectivity index (χ1) is 19.6. The molecule has 3 aromatic carbocycles. The van der Waals surface area contributed by atoms with Crippen LogP contribution in [0.3, 0.4) is 0 Å². The first-order valence-corrected chi connectivity index (χ1v) is 13.9. The van der Waals surface area contributed by atoms with E-state index in [1.807, 2.05) is 16.9 Å². The van der Waals surface area contributed by atoms with Gasteiger partial charge in [-0.1, -0.05) is 36.4 Å². The van der Waals surface area contributed by atoms with Crippen LogP contribution < -0.4 is 15.4 Å². The molecule has 0 bridgehead atoms. The zero-order valence-electron chi connectivity index (χ0n) is 22.3. The highest BCUT2D eigenvalue weighted by Crippen LogP contribution is 2.30. The molecule has 2 amide bonds. The molecular weight excluding hydrogens is 550 g/mol. The Bertz CT molecular complexity index is 1660. The van der Waals surface area contributed by atoms with Gasteiger partial charge in [-0.15, -0.1) is 0 Å². The fourth-order valence-electron chi connectivity index (χ4n) is 4.29. The minimum atomic E-state index is -4.21. The predicted octanol–water partition coefficient (Wildman–Crippen LogP) is 5.84. The number of aromatic nitrogens is 1. The van der Waals surface area contributed by atoms with Gasteiger partial charge in [-0.05, 0) is 73.0 Å². The lowest BCUT2D eigenvalue weighted by Gasteiger charge is -2.22. The average Bonchev–Trinajstić information content (AvgIpc) is 2.92. The molecule has 0 fully saturated rings. The summed E-state index contributed by atoms with van der Waals surface area (Å²) in [5, 5.41) is 5.63. The van der Waals surface area contributed by atoms with Crippen molar-refractivity contribution in [3.05, 3.63) is 126 Å². The van der Waals surface area contributed by atoms with Crippen molar-refractivity contribution in [2.75, 3.05) is 12.4 Å². The van der Waals surface area contributed by atoms with E-state index in [-0.39, 0.29) is 16.9 Å². The normalized spacial score (nSPS) is 11.8. The van der Waals surface area contributed by atoms with Gasteiger partial charge in [-0.2, -0.15) is 0 Å². The molecule has 0 aliphatic carbocycles. The SMILES string of the molecule is C=C(Nc1ccc(-c2cccnc2[C@H](Cc2cc(F)cc(F)c2)NC(=O)NS(=O)(=O)c2ccccc2C)cc1)OC. The molecule has 1 atom stereocenters. The number of pyridine rings is 1. The number of benzene rings is 3. The van der Waals surface area contributed by atoms with E-state index >= 15 is 0 Å². The number of nitrogens with zero attached hydrogens (tertiary/aromatic N) is 1. The lowest BCUT2D eigenvalue weighted by Crippen LogP contribution is -2.42. The van der Waals surface area contributed by atoms with Crippen molar-refractivity contribution in [1.82, 2.24) is 15.0 Å². The molecule has 0 aliphatic rings. The summed E-state index contributed by atoms with van der Waals surface area (Å²) in [6.07, 6.45) is 1.43. The van der Waals surface area contributed by atoms with E-state index in [4.69, 9.17) is 4.74 Å². The molecule has 11 heteroatoms. The number of rotatable bonds is 10. The maximum absolute atomic E-state index is 14.0. The van der Waals surface area contributed by atoms with E-state index in [0.717, 1.165) is 29.4 Å². The highest BCUT2D eigenvalue weighted by molar-refractivity contribution is 7.90. The van der Waals surface area contributed by atoms with Crippen LogP contribution in [0.2, 0.25) is 0 Å². The maximum atomic E-state index is 14.0. The van der Waals surface area contributed by atoms with Crippen molar-refractivity contribution in [2.24, 2.45) is 0 Å². The fraction of sp³-hybridized carbons (Fsp3) is 0.133. The van der Waals surface area contributed by atoms with Crippen LogP contribution in [-0.2, 0) is 21.2 Å². The van der Waals surface area contributed by atoms with Gasteiger partial charge in [0.2, 0.25) is 0 Å². The molecule has 212 valence electrons. The molecular formula is C30H28F2N4O4S. The summed E-state index contributed by atoms with van der Waals surface area (Å²) in [7, 11) is -2.72. The third-order valence-corrected chi connectivity index (χ3v) is 7.66. The number of amides is 2. The van der Waals surface area contributed by atoms with Crippen molar-refractivity contribution in [3.8, 4) is 11.1 Å². The van der Waals surface area contributed by atoms with Gasteiger partial charge in [-0.3, -0.25) is 4.98 Å². The molecule has 1 aromatic heterocycles. The van der Waals surface area contributed by atoms with E-state index in [1.54, 1.807) is 49.4 Å². The van der Waals surface area contributed by atoms with E-state index in [9.17, 15) is 22.0 Å². The summed E-state index contributed by atoms with van der Waals surface area (Å²) < 4.78 is 61.0. The molecule has 4 aromatic rings. The Labute approximate surface area is 237 Å². The highest BCUT2D eigenvalue weighted by Gasteiger charge is 2.25. The van der Waals surface area contributed by atoms with Crippen LogP contribution in [0.4, 0.5) is 19.3 Å². The molecule has 0 saturated heterocycles. The zero-order chi connectivity index (χ0) is 29.6. The number of halogens is 2. The summed E-state index contributed by atoms with van der Waals surface area (Å²) >= 11 is 0. The Morgan fingerprint density at radius 3 is 2.34 bits per heavy atom. The number of carbonyl (C=O) groups excluding carboxylic acids is 1. The first-order valence-electron chi connectivity index (χ1n) is 12.4. The van der Waals surface area contributed by atoms with Crippen molar-refractivity contribution in [2.45, 2.75) is 24.3 Å². The highest BCUT2D eigenvalue weighted by atomic mass is 32.2. The molecule has 0 spiro atoms. The largest absolute Gasteiger partial charge is 0.483 e. The molecule has 0 saturated carbocycles. The first kappa shape index (κ1) is 29.2. The number of urea groups is 1. The Hall–Kier alpha value is -4.77. The molecule has 8 nitrogen and oxygen atoms in total. The predicted molar refractivity (Wildman–Crippen MR) is 152 cm³/mol. The number of ether oxygens (including phenoxy) is 1. The minimum Gasteiger partial charge on any atom is -0.483 e. The standard InChI is InChI=1S/C30H28F2N4O4S/c1-19-7-4-5-9-28(19)41(38,39)36-30(37)35-27(17-21-15-23(31)18-24(32)16-21)29-26(8-6-14-33-29)22-10-12-25(13-11-22)34-20(2)40-3/h4-16,18,27,34H,2,17H2,1,3H3,(H2,35,36,37)/t27-/m0/s1. The molecule has 3 N–H and O–H groups in total. The lowest BCUT2D eigenvalue weighted by atomic mass is 9.95. The van der Waals surface area contributed by atoms with Crippen LogP contribution in [0.1, 0.15) is 22.9 Å². The van der Waals surface area contributed by atoms with E-state index in [0.29, 0.717) is 22.7 Å². The second kappa shape index (κ2) is 12.6. The van der Waals surface area contributed by atoms with Gasteiger partial charge in [0.25, 0.3) is 10.0 Å². The van der Waals surface area contributed by atoms with Gasteiger partial charge >= 0.3 is 6.03 Å². The number of sulfonamides is 1. The fourth-order valence-corrected chi connectivity index (χ4v) is 5.45. The summed E-state index contributed by atoms with van der Waals surface area (Å²) in [4.78, 5) is 17.5. The smallest absolute Gasteiger partial charge is 0.329 e. The average molecular weight is 579 g/mol. The second-order valence-corrected chi connectivity index (χ2v) is 10.8. The van der Waals surface area contributed by atoms with Gasteiger partial charge < -0.3 is 15.4 Å². The zero-order valence-corrected chi connectivity index (χ0v) is 23.1. The number of hydrogen-bond acceptors (Lipinski definition) is 6. The Morgan fingerprint density at radius 2 is 1.68 bits per heavy atom. The molecule has 0 unspecified atom stereocenters. The lowest BCUT2D eigenvalue weighted by molar-refractivity contribution is 0.242. The minimum absolute atomic E-state index is 0.0534. The summed E-state index contributed by atoms with van der Waals surface area (Å²) in [5.41, 5.74) is 3.13. The van der Waals surface area contributed by atoms with Crippen molar-refractivity contribution < 1.29 is 26.7 Å². The Morgan fingerprint density at radius 1 is 1.00 bits per heavy atom. The number of aryl methyl sites for hydroxylation is 1. The van der Waals surface area contributed by atoms with Crippen molar-refractivity contribution in [1.29, 1.82) is 0 Å². The second-order valence-electron chi connectivity index (χ2n) is 9.14. The number of carbonyl (C=O) groups is 1. The van der Waals surface area contributed by atoms with Crippen LogP contribution in [0, 0.1) is 18.6 Å². The summed E-state index contributed by atoms with van der Waals surface area (Å²) in [6.45, 7) is 5.34. The van der Waals surface area contributed by atoms with Crippen LogP contribution in [0.5, 0.6) is 0 Å². The monoisotopic (exact) mass is 578 g/mol. The number of hydrogen-bond donors (Lipinski definition) is 3. The van der Waals surface area contributed by atoms with Crippen LogP contribution in [0.25, 0.3) is 11.1 Å². The Balaban J connectivity index is 1.68. The third kappa shape index (κ3) is 7.46. The number of methoxy groups -OCH3 is 1. The van der Waals surface area contributed by atoms with E-state index in [2.05, 4.69) is 22.2 Å². The van der Waals surface area contributed by atoms with Crippen LogP contribution in [0.15, 0.2) is 102 Å². The van der Waals surface area contributed by atoms with Crippen LogP contribution >= 0.6 is 0 Å². The van der Waals surface area contributed by atoms with E-state index in [1.165, 1.54) is 19.4 Å². The molecule has 0 radical (unpaired) electrons. The summed E-state index contributed by atoms with van der Waals surface area (Å²) in [5.74, 6) is -1.21. The van der Waals surface area contributed by atoms with Gasteiger partial charge in [0.1, 0.15) is 11.6 Å². The van der Waals surface area contributed by atoms with Crippen molar-refractivity contribution in [3.63, 3.8) is 0 Å². The van der Waals surface area contributed by atoms with E-state index < -0.39 is 33.7 Å². The van der Waals surface area contributed by atoms with Gasteiger partial charge in [-0.25, -0.2) is 26.7 Å². The van der Waals surface area contributed by atoms with Gasteiger partial charge in [0.15, 0.2) is 5.88 Å². The number of nitrogens with one attached hydrogen (secondary N) is 3. The van der Waals surface area contributed by atoms with Crippen LogP contribution in [-0.4, -0.2) is 26.5 Å². The molecule has 4 rings (SSSR count). The summed E-state index contributed by atoms with van der Waals surface area (Å²) in [6, 6.07) is 18.0. The maximum Gasteiger partial charge on any atom is 0.329 e. The molecule has 1 heterocycles. The van der Waals surface area contributed by atoms with Gasteiger partial charge in [0, 0.05) is 23.5 Å². The molecule has 41 heavy (non-hydrogen) atoms. The van der Waals surface area contributed by atoms with Crippen molar-refractivity contribution >= 4 is 21.7 Å². The quantitative estimate of drug-likeness (QED) is 0.204. The third-order valence-electron chi connectivity index (χ3n) is 6.17. The van der Waals surface area contributed by atoms with Gasteiger partial charge in [0.05, 0.1) is 23.7 Å². The number of anilines is 1. The Kier molecular flexibility index (Phi) is 8.98. The molecule has 0 aliphatic heterocycles.